The smallest absolute Gasteiger partial charge is 0.00952 e. The maximum atomic E-state index is 3.85. The van der Waals surface area contributed by atoms with Crippen molar-refractivity contribution in [2.75, 3.05) is 6.54 Å². The van der Waals surface area contributed by atoms with Crippen LogP contribution >= 0.6 is 0 Å². The van der Waals surface area contributed by atoms with Crippen molar-refractivity contribution < 1.29 is 0 Å². The van der Waals surface area contributed by atoms with Gasteiger partial charge in [-0.2, -0.15) is 0 Å². The summed E-state index contributed by atoms with van der Waals surface area (Å²) in [5, 5.41) is 3.85. The summed E-state index contributed by atoms with van der Waals surface area (Å²) in [6.07, 6.45) is 13.2. The summed E-state index contributed by atoms with van der Waals surface area (Å²) in [6.45, 7) is 6.15. The minimum atomic E-state index is 0.808. The highest BCUT2D eigenvalue weighted by Crippen LogP contribution is 2.30. The molecule has 0 aromatic carbocycles. The molecule has 2 rings (SSSR count). The molecule has 0 aromatic rings. The first-order valence-corrected chi connectivity index (χ1v) is 8.00. The monoisotopic (exact) mass is 237 g/mol. The van der Waals surface area contributed by atoms with Crippen LogP contribution in [0.1, 0.15) is 71.6 Å². The summed E-state index contributed by atoms with van der Waals surface area (Å²) < 4.78 is 0. The molecule has 17 heavy (non-hydrogen) atoms. The van der Waals surface area contributed by atoms with E-state index in [0.717, 1.165) is 23.8 Å². The Kier molecular flexibility index (Phi) is 5.34. The van der Waals surface area contributed by atoms with Gasteiger partial charge in [0.1, 0.15) is 0 Å². The Morgan fingerprint density at radius 1 is 0.882 bits per heavy atom. The molecule has 2 aliphatic carbocycles. The molecule has 1 nitrogen and oxygen atoms in total. The molecule has 2 aliphatic rings. The molecule has 0 aromatic heterocycles. The van der Waals surface area contributed by atoms with E-state index in [1.54, 1.807) is 0 Å². The maximum absolute atomic E-state index is 3.85. The lowest BCUT2D eigenvalue weighted by atomic mass is 9.78. The standard InChI is InChI=1S/C16H31N/c1-13-7-6-10-16(14(13)2)17-12-11-15-8-4-3-5-9-15/h13-17H,3-12H2,1-2H3. The van der Waals surface area contributed by atoms with Crippen molar-refractivity contribution in [2.45, 2.75) is 77.7 Å². The normalized spacial score (nSPS) is 36.0. The zero-order chi connectivity index (χ0) is 12.1. The van der Waals surface area contributed by atoms with E-state index >= 15 is 0 Å². The van der Waals surface area contributed by atoms with E-state index in [4.69, 9.17) is 0 Å². The average Bonchev–Trinajstić information content (AvgIpc) is 2.36. The minimum Gasteiger partial charge on any atom is -0.314 e. The molecule has 2 fully saturated rings. The molecular formula is C16H31N. The quantitative estimate of drug-likeness (QED) is 0.765. The first-order valence-electron chi connectivity index (χ1n) is 8.00. The molecule has 0 heterocycles. The second-order valence-electron chi connectivity index (χ2n) is 6.62. The lowest BCUT2D eigenvalue weighted by Gasteiger charge is -2.35. The lowest BCUT2D eigenvalue weighted by Crippen LogP contribution is -2.41. The van der Waals surface area contributed by atoms with Gasteiger partial charge in [0, 0.05) is 6.04 Å². The number of nitrogens with one attached hydrogen (secondary N) is 1. The highest BCUT2D eigenvalue weighted by atomic mass is 14.9. The minimum absolute atomic E-state index is 0.808. The molecule has 0 bridgehead atoms. The van der Waals surface area contributed by atoms with Gasteiger partial charge in [0.05, 0.1) is 0 Å². The van der Waals surface area contributed by atoms with Gasteiger partial charge in [-0.1, -0.05) is 58.8 Å². The number of hydrogen-bond acceptors (Lipinski definition) is 1. The van der Waals surface area contributed by atoms with Crippen molar-refractivity contribution in [1.29, 1.82) is 0 Å². The third-order valence-electron chi connectivity index (χ3n) is 5.39. The fraction of sp³-hybridized carbons (Fsp3) is 1.00. The zero-order valence-electron chi connectivity index (χ0n) is 11.9. The molecule has 0 saturated heterocycles. The Balaban J connectivity index is 1.63. The third-order valence-corrected chi connectivity index (χ3v) is 5.39. The Bertz CT molecular complexity index is 208. The first-order chi connectivity index (χ1) is 8.27. The van der Waals surface area contributed by atoms with Crippen LogP contribution in [0.4, 0.5) is 0 Å². The van der Waals surface area contributed by atoms with Crippen molar-refractivity contribution in [3.05, 3.63) is 0 Å². The first kappa shape index (κ1) is 13.4. The van der Waals surface area contributed by atoms with E-state index in [9.17, 15) is 0 Å². The molecule has 1 N–H and O–H groups in total. The SMILES string of the molecule is CC1CCCC(NCCC2CCCCC2)C1C. The van der Waals surface area contributed by atoms with Crippen LogP contribution in [0.25, 0.3) is 0 Å². The Labute approximate surface area is 108 Å². The van der Waals surface area contributed by atoms with Crippen molar-refractivity contribution >= 4 is 0 Å². The fourth-order valence-corrected chi connectivity index (χ4v) is 3.82. The molecule has 100 valence electrons. The molecule has 0 aliphatic heterocycles. The van der Waals surface area contributed by atoms with Gasteiger partial charge < -0.3 is 5.32 Å². The van der Waals surface area contributed by atoms with Crippen LogP contribution in [-0.4, -0.2) is 12.6 Å². The van der Waals surface area contributed by atoms with Crippen molar-refractivity contribution in [3.63, 3.8) is 0 Å². The molecule has 1 heteroatoms. The third kappa shape index (κ3) is 3.98. The van der Waals surface area contributed by atoms with Gasteiger partial charge in [-0.25, -0.2) is 0 Å². The zero-order valence-corrected chi connectivity index (χ0v) is 11.9. The van der Waals surface area contributed by atoms with Crippen LogP contribution in [0.15, 0.2) is 0 Å². The molecule has 2 saturated carbocycles. The fourth-order valence-electron chi connectivity index (χ4n) is 3.82. The van der Waals surface area contributed by atoms with Crippen LogP contribution in [-0.2, 0) is 0 Å². The van der Waals surface area contributed by atoms with Gasteiger partial charge in [0.25, 0.3) is 0 Å². The summed E-state index contributed by atoms with van der Waals surface area (Å²) >= 11 is 0. The Morgan fingerprint density at radius 2 is 1.65 bits per heavy atom. The highest BCUT2D eigenvalue weighted by molar-refractivity contribution is 4.82. The molecule has 3 atom stereocenters. The largest absolute Gasteiger partial charge is 0.314 e. The van der Waals surface area contributed by atoms with E-state index in [1.807, 2.05) is 0 Å². The van der Waals surface area contributed by atoms with Crippen LogP contribution < -0.4 is 5.32 Å². The predicted molar refractivity (Wildman–Crippen MR) is 75.2 cm³/mol. The Hall–Kier alpha value is -0.0400. The van der Waals surface area contributed by atoms with Gasteiger partial charge in [-0.15, -0.1) is 0 Å². The summed E-state index contributed by atoms with van der Waals surface area (Å²) in [5.74, 6) is 2.85. The highest BCUT2D eigenvalue weighted by Gasteiger charge is 2.26. The van der Waals surface area contributed by atoms with Gasteiger partial charge >= 0.3 is 0 Å². The van der Waals surface area contributed by atoms with Gasteiger partial charge in [-0.3, -0.25) is 0 Å². The summed E-state index contributed by atoms with van der Waals surface area (Å²) in [4.78, 5) is 0. The average molecular weight is 237 g/mol. The van der Waals surface area contributed by atoms with E-state index in [2.05, 4.69) is 19.2 Å². The number of hydrogen-bond donors (Lipinski definition) is 1. The molecular weight excluding hydrogens is 206 g/mol. The summed E-state index contributed by atoms with van der Waals surface area (Å²) in [7, 11) is 0. The number of rotatable bonds is 4. The van der Waals surface area contributed by atoms with E-state index < -0.39 is 0 Å². The van der Waals surface area contributed by atoms with Gasteiger partial charge in [0.2, 0.25) is 0 Å². The topological polar surface area (TPSA) is 12.0 Å². The second kappa shape index (κ2) is 6.78. The molecule has 0 radical (unpaired) electrons. The van der Waals surface area contributed by atoms with E-state index in [1.165, 1.54) is 64.3 Å². The maximum Gasteiger partial charge on any atom is 0.00952 e. The molecule has 0 amide bonds. The Morgan fingerprint density at radius 3 is 2.41 bits per heavy atom. The van der Waals surface area contributed by atoms with Crippen molar-refractivity contribution in [2.24, 2.45) is 17.8 Å². The van der Waals surface area contributed by atoms with Crippen molar-refractivity contribution in [1.82, 2.24) is 5.32 Å². The second-order valence-corrected chi connectivity index (χ2v) is 6.62. The summed E-state index contributed by atoms with van der Waals surface area (Å²) in [5.41, 5.74) is 0. The van der Waals surface area contributed by atoms with E-state index in [0.29, 0.717) is 0 Å². The van der Waals surface area contributed by atoms with Crippen molar-refractivity contribution in [3.8, 4) is 0 Å². The molecule has 3 unspecified atom stereocenters. The van der Waals surface area contributed by atoms with Crippen LogP contribution in [0.3, 0.4) is 0 Å². The predicted octanol–water partition coefficient (Wildman–Crippen LogP) is 4.37. The lowest BCUT2D eigenvalue weighted by molar-refractivity contribution is 0.202. The molecule has 0 spiro atoms. The van der Waals surface area contributed by atoms with Crippen LogP contribution in [0, 0.1) is 17.8 Å². The van der Waals surface area contributed by atoms with Crippen LogP contribution in [0.2, 0.25) is 0 Å². The summed E-state index contributed by atoms with van der Waals surface area (Å²) in [6, 6.07) is 0.808. The van der Waals surface area contributed by atoms with Gasteiger partial charge in [0.15, 0.2) is 0 Å². The van der Waals surface area contributed by atoms with Gasteiger partial charge in [-0.05, 0) is 37.1 Å². The van der Waals surface area contributed by atoms with E-state index in [-0.39, 0.29) is 0 Å². The van der Waals surface area contributed by atoms with Crippen LogP contribution in [0.5, 0.6) is 0 Å².